The maximum atomic E-state index is 12.6. The van der Waals surface area contributed by atoms with E-state index in [0.717, 1.165) is 17.6 Å². The lowest BCUT2D eigenvalue weighted by Crippen LogP contribution is -2.48. The highest BCUT2D eigenvalue weighted by Crippen LogP contribution is 2.15. The Bertz CT molecular complexity index is 644. The van der Waals surface area contributed by atoms with Crippen molar-refractivity contribution in [2.24, 2.45) is 0 Å². The third-order valence-corrected chi connectivity index (χ3v) is 3.57. The molecule has 1 aromatic carbocycles. The number of nitrogens with one attached hydrogen (secondary N) is 1. The van der Waals surface area contributed by atoms with Gasteiger partial charge in [-0.05, 0) is 25.2 Å². The van der Waals surface area contributed by atoms with Crippen LogP contribution in [0.4, 0.5) is 0 Å². The second-order valence-corrected chi connectivity index (χ2v) is 5.06. The second kappa shape index (κ2) is 6.15. The van der Waals surface area contributed by atoms with Gasteiger partial charge in [0.05, 0.1) is 23.7 Å². The van der Waals surface area contributed by atoms with Crippen LogP contribution in [0, 0.1) is 0 Å². The molecule has 6 nitrogen and oxygen atoms in total. The molecule has 1 unspecified atom stereocenters. The molecule has 1 N–H and O–H groups in total. The van der Waals surface area contributed by atoms with Gasteiger partial charge in [0.15, 0.2) is 0 Å². The van der Waals surface area contributed by atoms with E-state index in [4.69, 9.17) is 4.74 Å². The molecule has 2 aromatic rings. The van der Waals surface area contributed by atoms with Gasteiger partial charge in [0, 0.05) is 37.6 Å². The largest absolute Gasteiger partial charge is 0.373 e. The summed E-state index contributed by atoms with van der Waals surface area (Å²) in [5.74, 6) is 0.0203. The lowest BCUT2D eigenvalue weighted by molar-refractivity contribution is -0.0196. The summed E-state index contributed by atoms with van der Waals surface area (Å²) in [6, 6.07) is 5.44. The van der Waals surface area contributed by atoms with Crippen molar-refractivity contribution in [2.45, 2.75) is 6.10 Å². The highest BCUT2D eigenvalue weighted by molar-refractivity contribution is 5.97. The molecule has 1 fully saturated rings. The fraction of sp³-hybridized carbons (Fsp3) is 0.400. The van der Waals surface area contributed by atoms with Crippen LogP contribution in [0.2, 0.25) is 0 Å². The molecule has 21 heavy (non-hydrogen) atoms. The van der Waals surface area contributed by atoms with Gasteiger partial charge in [-0.25, -0.2) is 0 Å². The van der Waals surface area contributed by atoms with Gasteiger partial charge in [-0.15, -0.1) is 0 Å². The summed E-state index contributed by atoms with van der Waals surface area (Å²) in [7, 11) is 1.88. The summed E-state index contributed by atoms with van der Waals surface area (Å²) < 4.78 is 5.63. The highest BCUT2D eigenvalue weighted by atomic mass is 16.5. The van der Waals surface area contributed by atoms with Crippen molar-refractivity contribution < 1.29 is 9.53 Å². The Kier molecular flexibility index (Phi) is 4.08. The van der Waals surface area contributed by atoms with E-state index in [9.17, 15) is 4.79 Å². The Labute approximate surface area is 123 Å². The number of ether oxygens (including phenoxy) is 1. The molecule has 1 atom stereocenters. The molecular weight excluding hydrogens is 268 g/mol. The number of amides is 1. The van der Waals surface area contributed by atoms with Gasteiger partial charge in [-0.2, -0.15) is 0 Å². The average Bonchev–Trinajstić information content (AvgIpc) is 2.54. The van der Waals surface area contributed by atoms with Crippen molar-refractivity contribution in [2.75, 3.05) is 33.3 Å². The van der Waals surface area contributed by atoms with E-state index < -0.39 is 0 Å². The highest BCUT2D eigenvalue weighted by Gasteiger charge is 2.24. The predicted octanol–water partition coefficient (Wildman–Crippen LogP) is 0.690. The number of hydrogen-bond acceptors (Lipinski definition) is 5. The number of benzene rings is 1. The Morgan fingerprint density at radius 3 is 3.00 bits per heavy atom. The molecule has 3 rings (SSSR count). The Hall–Kier alpha value is -2.05. The van der Waals surface area contributed by atoms with Gasteiger partial charge in [-0.1, -0.05) is 0 Å². The van der Waals surface area contributed by atoms with E-state index in [1.165, 1.54) is 0 Å². The summed E-state index contributed by atoms with van der Waals surface area (Å²) in [5, 5.41) is 3.08. The average molecular weight is 286 g/mol. The molecule has 2 heterocycles. The number of carbonyl (C=O) groups excluding carboxylic acids is 1. The number of carbonyl (C=O) groups is 1. The number of likely N-dealkylation sites (N-methyl/N-ethyl adjacent to an activating group) is 1. The summed E-state index contributed by atoms with van der Waals surface area (Å²) >= 11 is 0. The molecule has 1 aliphatic rings. The van der Waals surface area contributed by atoms with Crippen LogP contribution in [0.3, 0.4) is 0 Å². The molecule has 0 radical (unpaired) electrons. The van der Waals surface area contributed by atoms with Gasteiger partial charge in [0.2, 0.25) is 0 Å². The van der Waals surface area contributed by atoms with Crippen molar-refractivity contribution in [3.63, 3.8) is 0 Å². The number of nitrogens with zero attached hydrogens (tertiary/aromatic N) is 3. The molecule has 1 aromatic heterocycles. The van der Waals surface area contributed by atoms with Crippen LogP contribution in [0.1, 0.15) is 10.4 Å². The first-order valence-corrected chi connectivity index (χ1v) is 7.04. The lowest BCUT2D eigenvalue weighted by atomic mass is 10.1. The number of morpholine rings is 1. The standard InChI is InChI=1S/C15H18N4O2/c1-16-9-12-10-19(6-7-21-12)15(20)11-2-3-13-14(8-11)18-5-4-17-13/h2-5,8,12,16H,6-7,9-10H2,1H3. The van der Waals surface area contributed by atoms with Crippen molar-refractivity contribution in [3.8, 4) is 0 Å². The summed E-state index contributed by atoms with van der Waals surface area (Å²) in [6.07, 6.45) is 3.33. The third-order valence-electron chi connectivity index (χ3n) is 3.57. The number of hydrogen-bond donors (Lipinski definition) is 1. The molecule has 0 aliphatic carbocycles. The van der Waals surface area contributed by atoms with E-state index in [2.05, 4.69) is 15.3 Å². The SMILES string of the molecule is CNCC1CN(C(=O)c2ccc3nccnc3c2)CCO1. The van der Waals surface area contributed by atoms with Gasteiger partial charge in [0.1, 0.15) is 0 Å². The van der Waals surface area contributed by atoms with Crippen LogP contribution < -0.4 is 5.32 Å². The van der Waals surface area contributed by atoms with Gasteiger partial charge >= 0.3 is 0 Å². The first-order valence-electron chi connectivity index (χ1n) is 7.04. The van der Waals surface area contributed by atoms with Crippen molar-refractivity contribution in [1.29, 1.82) is 0 Å². The minimum absolute atomic E-state index is 0.0203. The van der Waals surface area contributed by atoms with Gasteiger partial charge in [-0.3, -0.25) is 14.8 Å². The van der Waals surface area contributed by atoms with E-state index in [1.54, 1.807) is 18.5 Å². The summed E-state index contributed by atoms with van der Waals surface area (Å²) in [5.41, 5.74) is 2.18. The minimum Gasteiger partial charge on any atom is -0.373 e. The van der Waals surface area contributed by atoms with Crippen molar-refractivity contribution in [1.82, 2.24) is 20.2 Å². The zero-order valence-corrected chi connectivity index (χ0v) is 12.0. The topological polar surface area (TPSA) is 67.4 Å². The minimum atomic E-state index is 0.0203. The Morgan fingerprint density at radius 1 is 1.38 bits per heavy atom. The van der Waals surface area contributed by atoms with Crippen LogP contribution in [0.15, 0.2) is 30.6 Å². The molecule has 1 saturated heterocycles. The first-order chi connectivity index (χ1) is 10.3. The van der Waals surface area contributed by atoms with Crippen LogP contribution in [-0.2, 0) is 4.74 Å². The quantitative estimate of drug-likeness (QED) is 0.899. The summed E-state index contributed by atoms with van der Waals surface area (Å²) in [4.78, 5) is 22.9. The van der Waals surface area contributed by atoms with Crippen LogP contribution in [-0.4, -0.2) is 60.2 Å². The van der Waals surface area contributed by atoms with E-state index in [-0.39, 0.29) is 12.0 Å². The van der Waals surface area contributed by atoms with Crippen LogP contribution in [0.25, 0.3) is 11.0 Å². The fourth-order valence-corrected chi connectivity index (χ4v) is 2.53. The van der Waals surface area contributed by atoms with Crippen LogP contribution in [0.5, 0.6) is 0 Å². The Morgan fingerprint density at radius 2 is 2.19 bits per heavy atom. The van der Waals surface area contributed by atoms with Crippen LogP contribution >= 0.6 is 0 Å². The lowest BCUT2D eigenvalue weighted by Gasteiger charge is -2.33. The van der Waals surface area contributed by atoms with Crippen molar-refractivity contribution >= 4 is 16.9 Å². The molecule has 1 amide bonds. The number of aromatic nitrogens is 2. The van der Waals surface area contributed by atoms with E-state index in [0.29, 0.717) is 25.3 Å². The Balaban J connectivity index is 1.79. The predicted molar refractivity (Wildman–Crippen MR) is 79.1 cm³/mol. The molecule has 1 aliphatic heterocycles. The molecule has 6 heteroatoms. The van der Waals surface area contributed by atoms with E-state index >= 15 is 0 Å². The van der Waals surface area contributed by atoms with Gasteiger partial charge < -0.3 is 15.0 Å². The molecular formula is C15H18N4O2. The fourth-order valence-electron chi connectivity index (χ4n) is 2.53. The monoisotopic (exact) mass is 286 g/mol. The van der Waals surface area contributed by atoms with Gasteiger partial charge in [0.25, 0.3) is 5.91 Å². The molecule has 110 valence electrons. The van der Waals surface area contributed by atoms with E-state index in [1.807, 2.05) is 24.1 Å². The second-order valence-electron chi connectivity index (χ2n) is 5.06. The normalized spacial score (nSPS) is 18.9. The maximum Gasteiger partial charge on any atom is 0.254 e. The molecule has 0 bridgehead atoms. The first kappa shape index (κ1) is 13.9. The summed E-state index contributed by atoms with van der Waals surface area (Å²) in [6.45, 7) is 2.55. The maximum absolute atomic E-state index is 12.6. The zero-order valence-electron chi connectivity index (χ0n) is 12.0. The smallest absolute Gasteiger partial charge is 0.254 e. The molecule has 0 spiro atoms. The number of rotatable bonds is 3. The van der Waals surface area contributed by atoms with Crippen molar-refractivity contribution in [3.05, 3.63) is 36.2 Å². The number of fused-ring (bicyclic) bond motifs is 1. The molecule has 0 saturated carbocycles. The zero-order chi connectivity index (χ0) is 14.7. The third kappa shape index (κ3) is 3.01.